The Bertz CT molecular complexity index is 1000. The smallest absolute Gasteiger partial charge is 0.250 e. The topological polar surface area (TPSA) is 72.5 Å². The molecule has 1 aromatic carbocycles. The summed E-state index contributed by atoms with van der Waals surface area (Å²) in [6, 6.07) is 6.66. The highest BCUT2D eigenvalue weighted by atomic mass is 16.1. The van der Waals surface area contributed by atoms with E-state index in [0.29, 0.717) is 47.9 Å². The van der Waals surface area contributed by atoms with E-state index < -0.39 is 5.91 Å². The molecule has 0 saturated heterocycles. The van der Waals surface area contributed by atoms with Crippen LogP contribution in [0.15, 0.2) is 46.1 Å². The molecule has 3 aliphatic rings. The molecule has 4 unspecified atom stereocenters. The number of rotatable bonds is 4. The van der Waals surface area contributed by atoms with Crippen molar-refractivity contribution in [1.29, 1.82) is 0 Å². The lowest BCUT2D eigenvalue weighted by molar-refractivity contribution is -0.119. The Kier molecular flexibility index (Phi) is 6.78. The van der Waals surface area contributed by atoms with Crippen LogP contribution in [-0.2, 0) is 22.4 Å². The largest absolute Gasteiger partial charge is 0.366 e. The van der Waals surface area contributed by atoms with Crippen molar-refractivity contribution in [2.45, 2.75) is 78.1 Å². The summed E-state index contributed by atoms with van der Waals surface area (Å²) in [5.74, 6) is 1.72. The summed E-state index contributed by atoms with van der Waals surface area (Å²) >= 11 is 0. The molecular formula is C28H36N2O2. The SMILES string of the molecule is CCC1CC(=O)Cc2c(CC3CCC4CCC(C)=C(C(N)=O)C=NC4=CC3C)cccc21. The Morgan fingerprint density at radius 2 is 2.03 bits per heavy atom. The van der Waals surface area contributed by atoms with Crippen LogP contribution in [0.3, 0.4) is 0 Å². The van der Waals surface area contributed by atoms with Crippen LogP contribution in [0.25, 0.3) is 0 Å². The lowest BCUT2D eigenvalue weighted by Gasteiger charge is -2.28. The van der Waals surface area contributed by atoms with Crippen LogP contribution in [-0.4, -0.2) is 17.9 Å². The molecule has 1 aliphatic heterocycles. The number of carbonyl (C=O) groups excluding carboxylic acids is 2. The zero-order valence-electron chi connectivity index (χ0n) is 19.7. The third-order valence-electron chi connectivity index (χ3n) is 7.99. The number of ketones is 1. The van der Waals surface area contributed by atoms with E-state index in [-0.39, 0.29) is 0 Å². The predicted octanol–water partition coefficient (Wildman–Crippen LogP) is 5.45. The molecule has 2 N–H and O–H groups in total. The second kappa shape index (κ2) is 9.56. The van der Waals surface area contributed by atoms with Crippen LogP contribution in [0, 0.1) is 17.8 Å². The van der Waals surface area contributed by atoms with Crippen molar-refractivity contribution in [2.75, 3.05) is 0 Å². The minimum Gasteiger partial charge on any atom is -0.366 e. The Morgan fingerprint density at radius 1 is 1.22 bits per heavy atom. The minimum atomic E-state index is -0.390. The monoisotopic (exact) mass is 432 g/mol. The van der Waals surface area contributed by atoms with Gasteiger partial charge in [-0.2, -0.15) is 0 Å². The van der Waals surface area contributed by atoms with Gasteiger partial charge in [-0.15, -0.1) is 0 Å². The maximum atomic E-state index is 12.4. The van der Waals surface area contributed by atoms with E-state index in [1.54, 1.807) is 6.21 Å². The summed E-state index contributed by atoms with van der Waals surface area (Å²) < 4.78 is 0. The number of benzene rings is 1. The predicted molar refractivity (Wildman–Crippen MR) is 130 cm³/mol. The van der Waals surface area contributed by atoms with Crippen LogP contribution in [0.2, 0.25) is 0 Å². The standard InChI is InChI=1S/C28H36N2O2/c1-4-19-14-23(31)15-25-22(6-5-7-24(19)25)13-21-11-10-20-9-8-17(2)26(28(29)32)16-30-27(20)12-18(21)3/h5-7,12,16,18-21H,4,8-11,13-15H2,1-3H3,(H2,29,32). The fourth-order valence-electron chi connectivity index (χ4n) is 5.89. The van der Waals surface area contributed by atoms with Gasteiger partial charge in [0.25, 0.3) is 0 Å². The molecule has 0 aromatic heterocycles. The molecule has 4 rings (SSSR count). The molecule has 1 heterocycles. The van der Waals surface area contributed by atoms with E-state index in [9.17, 15) is 9.59 Å². The van der Waals surface area contributed by atoms with Crippen molar-refractivity contribution in [1.82, 2.24) is 0 Å². The maximum absolute atomic E-state index is 12.4. The van der Waals surface area contributed by atoms with Gasteiger partial charge in [0.1, 0.15) is 5.78 Å². The van der Waals surface area contributed by atoms with E-state index in [2.05, 4.69) is 38.1 Å². The molecule has 32 heavy (non-hydrogen) atoms. The first kappa shape index (κ1) is 22.7. The number of Topliss-reactive ketones (excluding diaryl/α,β-unsaturated/α-hetero) is 1. The van der Waals surface area contributed by atoms with E-state index in [4.69, 9.17) is 10.7 Å². The van der Waals surface area contributed by atoms with Crippen molar-refractivity contribution >= 4 is 17.9 Å². The van der Waals surface area contributed by atoms with E-state index in [1.807, 2.05) is 6.92 Å². The summed E-state index contributed by atoms with van der Waals surface area (Å²) in [6.07, 6.45) is 11.5. The van der Waals surface area contributed by atoms with Crippen LogP contribution >= 0.6 is 0 Å². The number of aliphatic imine (C=N–C) groups is 1. The molecule has 2 aliphatic carbocycles. The fraction of sp³-hybridized carbons (Fsp3) is 0.536. The van der Waals surface area contributed by atoms with Crippen molar-refractivity contribution in [3.63, 3.8) is 0 Å². The van der Waals surface area contributed by atoms with Crippen LogP contribution < -0.4 is 5.73 Å². The maximum Gasteiger partial charge on any atom is 0.250 e. The van der Waals surface area contributed by atoms with Gasteiger partial charge in [-0.1, -0.05) is 43.7 Å². The van der Waals surface area contributed by atoms with E-state index in [1.165, 1.54) is 16.7 Å². The summed E-state index contributed by atoms with van der Waals surface area (Å²) in [7, 11) is 0. The molecule has 1 aromatic rings. The Labute approximate surface area is 192 Å². The first-order valence-electron chi connectivity index (χ1n) is 12.2. The summed E-state index contributed by atoms with van der Waals surface area (Å²) in [5.41, 5.74) is 12.3. The third kappa shape index (κ3) is 4.65. The normalized spacial score (nSPS) is 28.2. The molecule has 4 heteroatoms. The van der Waals surface area contributed by atoms with Gasteiger partial charge in [-0.05, 0) is 79.9 Å². The molecular weight excluding hydrogens is 396 g/mol. The minimum absolute atomic E-state index is 0.375. The van der Waals surface area contributed by atoms with Crippen molar-refractivity contribution < 1.29 is 9.59 Å². The van der Waals surface area contributed by atoms with E-state index in [0.717, 1.165) is 49.8 Å². The van der Waals surface area contributed by atoms with Gasteiger partial charge in [0, 0.05) is 30.7 Å². The number of nitrogens with zero attached hydrogens (tertiary/aromatic N) is 1. The van der Waals surface area contributed by atoms with Gasteiger partial charge in [0.05, 0.1) is 5.57 Å². The van der Waals surface area contributed by atoms with Gasteiger partial charge >= 0.3 is 0 Å². The highest BCUT2D eigenvalue weighted by Gasteiger charge is 2.30. The molecule has 1 amide bonds. The average Bonchev–Trinajstić information content (AvgIpc) is 2.89. The molecule has 4 atom stereocenters. The van der Waals surface area contributed by atoms with Gasteiger partial charge < -0.3 is 5.73 Å². The number of allylic oxidation sites excluding steroid dienone is 3. The lowest BCUT2D eigenvalue weighted by atomic mass is 9.76. The quantitative estimate of drug-likeness (QED) is 0.687. The van der Waals surface area contributed by atoms with Gasteiger partial charge in [-0.3, -0.25) is 14.6 Å². The van der Waals surface area contributed by atoms with Crippen LogP contribution in [0.5, 0.6) is 0 Å². The zero-order valence-corrected chi connectivity index (χ0v) is 19.7. The summed E-state index contributed by atoms with van der Waals surface area (Å²) in [5, 5.41) is 0. The molecule has 0 spiro atoms. The number of amides is 1. The number of carbonyl (C=O) groups is 2. The summed E-state index contributed by atoms with van der Waals surface area (Å²) in [6.45, 7) is 6.47. The number of hydrogen-bond acceptors (Lipinski definition) is 3. The molecule has 4 nitrogen and oxygen atoms in total. The van der Waals surface area contributed by atoms with Crippen molar-refractivity contribution in [3.05, 3.63) is 57.8 Å². The molecule has 0 radical (unpaired) electrons. The summed E-state index contributed by atoms with van der Waals surface area (Å²) in [4.78, 5) is 29.0. The number of fused-ring (bicyclic) bond motifs is 2. The number of primary amides is 1. The molecule has 170 valence electrons. The van der Waals surface area contributed by atoms with Crippen LogP contribution in [0.4, 0.5) is 0 Å². The van der Waals surface area contributed by atoms with Crippen molar-refractivity contribution in [3.8, 4) is 0 Å². The van der Waals surface area contributed by atoms with Crippen molar-refractivity contribution in [2.24, 2.45) is 28.5 Å². The molecule has 0 saturated carbocycles. The average molecular weight is 433 g/mol. The van der Waals surface area contributed by atoms with Crippen LogP contribution in [0.1, 0.15) is 81.9 Å². The van der Waals surface area contributed by atoms with Gasteiger partial charge in [-0.25, -0.2) is 0 Å². The highest BCUT2D eigenvalue weighted by molar-refractivity contribution is 6.12. The lowest BCUT2D eigenvalue weighted by Crippen LogP contribution is -2.21. The van der Waals surface area contributed by atoms with Gasteiger partial charge in [0.15, 0.2) is 0 Å². The van der Waals surface area contributed by atoms with Gasteiger partial charge in [0.2, 0.25) is 5.91 Å². The second-order valence-electron chi connectivity index (χ2n) is 10.1. The molecule has 0 bridgehead atoms. The third-order valence-corrected chi connectivity index (χ3v) is 7.99. The Balaban J connectivity index is 1.58. The number of nitrogens with two attached hydrogens (primary N) is 1. The highest BCUT2D eigenvalue weighted by Crippen LogP contribution is 2.39. The Hall–Kier alpha value is -2.49. The first-order valence-corrected chi connectivity index (χ1v) is 12.2. The second-order valence-corrected chi connectivity index (χ2v) is 10.1. The fourth-order valence-corrected chi connectivity index (χ4v) is 5.89. The zero-order chi connectivity index (χ0) is 22.8. The first-order chi connectivity index (χ1) is 15.4. The molecule has 0 fully saturated rings. The number of hydrogen-bond donors (Lipinski definition) is 1. The Morgan fingerprint density at radius 3 is 2.78 bits per heavy atom. The van der Waals surface area contributed by atoms with E-state index >= 15 is 0 Å².